The van der Waals surface area contributed by atoms with Crippen molar-refractivity contribution in [2.45, 2.75) is 17.4 Å². The molecule has 0 spiro atoms. The van der Waals surface area contributed by atoms with E-state index < -0.39 is 5.60 Å². The fourth-order valence-corrected chi connectivity index (χ4v) is 3.02. The van der Waals surface area contributed by atoms with Crippen molar-refractivity contribution in [3.8, 4) is 0 Å². The lowest BCUT2D eigenvalue weighted by molar-refractivity contribution is 0.0839. The number of benzene rings is 2. The molecule has 4 heteroatoms. The van der Waals surface area contributed by atoms with Crippen LogP contribution in [0.25, 0.3) is 0 Å². The number of nitrogen functional groups attached to an aromatic ring is 1. The topological polar surface area (TPSA) is 46.2 Å². The third-order valence-corrected chi connectivity index (χ3v) is 4.49. The van der Waals surface area contributed by atoms with Crippen LogP contribution in [0.1, 0.15) is 12.5 Å². The second-order valence-corrected chi connectivity index (χ2v) is 6.06. The van der Waals surface area contributed by atoms with E-state index in [-0.39, 0.29) is 0 Å². The summed E-state index contributed by atoms with van der Waals surface area (Å²) in [5.74, 6) is 0.515. The van der Waals surface area contributed by atoms with E-state index in [0.717, 1.165) is 10.5 Å². The average molecular weight is 294 g/mol. The van der Waals surface area contributed by atoms with Crippen LogP contribution in [0.3, 0.4) is 0 Å². The smallest absolute Gasteiger partial charge is 0.0962 e. The van der Waals surface area contributed by atoms with E-state index in [1.54, 1.807) is 19.1 Å². The zero-order valence-electron chi connectivity index (χ0n) is 10.6. The molecule has 2 rings (SSSR count). The van der Waals surface area contributed by atoms with Crippen LogP contribution in [0.4, 0.5) is 5.69 Å². The number of hydrogen-bond donors (Lipinski definition) is 2. The van der Waals surface area contributed by atoms with Gasteiger partial charge >= 0.3 is 0 Å². The first-order valence-corrected chi connectivity index (χ1v) is 7.31. The summed E-state index contributed by atoms with van der Waals surface area (Å²) in [7, 11) is 0. The van der Waals surface area contributed by atoms with Crippen LogP contribution < -0.4 is 5.73 Å². The van der Waals surface area contributed by atoms with E-state index in [1.807, 2.05) is 36.4 Å². The van der Waals surface area contributed by atoms with Crippen LogP contribution in [-0.4, -0.2) is 10.9 Å². The highest BCUT2D eigenvalue weighted by Crippen LogP contribution is 2.33. The zero-order chi connectivity index (χ0) is 13.9. The predicted molar refractivity (Wildman–Crippen MR) is 82.6 cm³/mol. The van der Waals surface area contributed by atoms with Gasteiger partial charge in [-0.25, -0.2) is 0 Å². The number of aliphatic hydroxyl groups is 1. The van der Waals surface area contributed by atoms with Gasteiger partial charge in [0.25, 0.3) is 0 Å². The molecule has 19 heavy (non-hydrogen) atoms. The van der Waals surface area contributed by atoms with E-state index in [9.17, 15) is 5.11 Å². The van der Waals surface area contributed by atoms with Gasteiger partial charge in [0.1, 0.15) is 0 Å². The second kappa shape index (κ2) is 5.87. The molecule has 0 saturated heterocycles. The van der Waals surface area contributed by atoms with E-state index in [4.69, 9.17) is 17.3 Å². The summed E-state index contributed by atoms with van der Waals surface area (Å²) in [5, 5.41) is 11.2. The van der Waals surface area contributed by atoms with Crippen LogP contribution in [0.2, 0.25) is 5.02 Å². The van der Waals surface area contributed by atoms with Gasteiger partial charge in [0.2, 0.25) is 0 Å². The third kappa shape index (κ3) is 3.66. The average Bonchev–Trinajstić information content (AvgIpc) is 2.41. The highest BCUT2D eigenvalue weighted by molar-refractivity contribution is 7.99. The largest absolute Gasteiger partial charge is 0.398 e. The van der Waals surface area contributed by atoms with Crippen molar-refractivity contribution in [1.29, 1.82) is 0 Å². The molecule has 2 aromatic rings. The van der Waals surface area contributed by atoms with Crippen molar-refractivity contribution >= 4 is 29.1 Å². The maximum atomic E-state index is 10.5. The van der Waals surface area contributed by atoms with E-state index in [0.29, 0.717) is 16.5 Å². The Morgan fingerprint density at radius 1 is 1.21 bits per heavy atom. The summed E-state index contributed by atoms with van der Waals surface area (Å²) >= 11 is 7.46. The van der Waals surface area contributed by atoms with E-state index >= 15 is 0 Å². The summed E-state index contributed by atoms with van der Waals surface area (Å²) < 4.78 is 0. The summed E-state index contributed by atoms with van der Waals surface area (Å²) in [5.41, 5.74) is 6.56. The Bertz CT molecular complexity index is 557. The van der Waals surface area contributed by atoms with Crippen molar-refractivity contribution < 1.29 is 5.11 Å². The number of halogens is 1. The first-order chi connectivity index (χ1) is 8.99. The second-order valence-electron chi connectivity index (χ2n) is 4.61. The molecule has 0 fully saturated rings. The van der Waals surface area contributed by atoms with Gasteiger partial charge in [-0.05, 0) is 30.7 Å². The highest BCUT2D eigenvalue weighted by atomic mass is 35.5. The summed E-state index contributed by atoms with van der Waals surface area (Å²) in [4.78, 5) is 0.892. The first kappa shape index (κ1) is 14.3. The molecule has 0 heterocycles. The van der Waals surface area contributed by atoms with Gasteiger partial charge in [-0.1, -0.05) is 41.9 Å². The lowest BCUT2D eigenvalue weighted by Crippen LogP contribution is -2.24. The number of nitrogens with two attached hydrogens (primary N) is 1. The number of rotatable bonds is 4. The molecule has 0 aliphatic carbocycles. The van der Waals surface area contributed by atoms with Crippen molar-refractivity contribution in [2.24, 2.45) is 0 Å². The van der Waals surface area contributed by atoms with E-state index in [2.05, 4.69) is 0 Å². The molecule has 100 valence electrons. The Morgan fingerprint density at radius 3 is 2.58 bits per heavy atom. The lowest BCUT2D eigenvalue weighted by atomic mass is 9.99. The molecule has 3 N–H and O–H groups in total. The van der Waals surface area contributed by atoms with Crippen molar-refractivity contribution in [2.75, 3.05) is 11.5 Å². The normalized spacial score (nSPS) is 14.1. The number of hydrogen-bond acceptors (Lipinski definition) is 3. The van der Waals surface area contributed by atoms with Crippen molar-refractivity contribution in [1.82, 2.24) is 0 Å². The summed E-state index contributed by atoms with van der Waals surface area (Å²) in [6.07, 6.45) is 0. The quantitative estimate of drug-likeness (QED) is 0.663. The molecule has 2 nitrogen and oxygen atoms in total. The van der Waals surface area contributed by atoms with Gasteiger partial charge in [-0.15, -0.1) is 11.8 Å². The van der Waals surface area contributed by atoms with Gasteiger partial charge in [0, 0.05) is 21.4 Å². The van der Waals surface area contributed by atoms with E-state index in [1.165, 1.54) is 11.8 Å². The summed E-state index contributed by atoms with van der Waals surface area (Å²) in [6.45, 7) is 1.80. The molecule has 0 amide bonds. The molecule has 2 aromatic carbocycles. The van der Waals surface area contributed by atoms with Crippen LogP contribution in [-0.2, 0) is 5.60 Å². The van der Waals surface area contributed by atoms with Gasteiger partial charge < -0.3 is 10.8 Å². The van der Waals surface area contributed by atoms with Crippen molar-refractivity contribution in [3.63, 3.8) is 0 Å². The lowest BCUT2D eigenvalue weighted by Gasteiger charge is -2.23. The molecule has 0 bridgehead atoms. The van der Waals surface area contributed by atoms with Crippen LogP contribution in [0.15, 0.2) is 53.4 Å². The Balaban J connectivity index is 2.12. The molecule has 0 radical (unpaired) electrons. The molecular formula is C15H16ClNOS. The summed E-state index contributed by atoms with van der Waals surface area (Å²) in [6, 6.07) is 15.0. The Kier molecular flexibility index (Phi) is 4.40. The zero-order valence-corrected chi connectivity index (χ0v) is 12.2. The maximum Gasteiger partial charge on any atom is 0.0962 e. The minimum atomic E-state index is -0.902. The Hall–Kier alpha value is -1.16. The molecular weight excluding hydrogens is 278 g/mol. The molecule has 0 aliphatic heterocycles. The molecule has 1 atom stereocenters. The molecule has 0 aliphatic rings. The first-order valence-electron chi connectivity index (χ1n) is 5.95. The van der Waals surface area contributed by atoms with Gasteiger partial charge in [-0.2, -0.15) is 0 Å². The van der Waals surface area contributed by atoms with Gasteiger partial charge in [0.05, 0.1) is 5.60 Å². The van der Waals surface area contributed by atoms with Crippen molar-refractivity contribution in [3.05, 3.63) is 59.1 Å². The van der Waals surface area contributed by atoms with Gasteiger partial charge in [-0.3, -0.25) is 0 Å². The Labute approximate surface area is 122 Å². The predicted octanol–water partition coefficient (Wildman–Crippen LogP) is 3.92. The molecule has 0 saturated carbocycles. The highest BCUT2D eigenvalue weighted by Gasteiger charge is 2.23. The monoisotopic (exact) mass is 293 g/mol. The number of thioether (sulfide) groups is 1. The van der Waals surface area contributed by atoms with Crippen LogP contribution >= 0.6 is 23.4 Å². The van der Waals surface area contributed by atoms with Gasteiger partial charge in [0.15, 0.2) is 0 Å². The van der Waals surface area contributed by atoms with Crippen LogP contribution in [0.5, 0.6) is 0 Å². The molecule has 0 aromatic heterocycles. The minimum absolute atomic E-state index is 0.515. The standard InChI is InChI=1S/C15H16ClNOS/c1-15(18,11-5-3-2-4-6-11)10-19-14-9-12(16)7-8-13(14)17/h2-9,18H,10,17H2,1H3. The Morgan fingerprint density at radius 2 is 1.89 bits per heavy atom. The minimum Gasteiger partial charge on any atom is -0.398 e. The number of anilines is 1. The SMILES string of the molecule is CC(O)(CSc1cc(Cl)ccc1N)c1ccccc1. The third-order valence-electron chi connectivity index (χ3n) is 2.88. The molecule has 1 unspecified atom stereocenters. The maximum absolute atomic E-state index is 10.5. The fourth-order valence-electron chi connectivity index (χ4n) is 1.73. The fraction of sp³-hybridized carbons (Fsp3) is 0.200. The van der Waals surface area contributed by atoms with Crippen LogP contribution in [0, 0.1) is 0 Å².